The number of aromatic nitrogens is 1. The van der Waals surface area contributed by atoms with Crippen LogP contribution in [0.4, 0.5) is 0 Å². The molecule has 2 rings (SSSR count). The van der Waals surface area contributed by atoms with Gasteiger partial charge in [-0.1, -0.05) is 10.1 Å². The average Bonchev–Trinajstić information content (AvgIpc) is 2.62. The van der Waals surface area contributed by atoms with Crippen LogP contribution >= 0.6 is 15.9 Å². The minimum Gasteiger partial charge on any atom is -0.465 e. The molecule has 0 radical (unpaired) electrons. The summed E-state index contributed by atoms with van der Waals surface area (Å²) in [7, 11) is 1.34. The topological polar surface area (TPSA) is 56.9 Å². The Morgan fingerprint density at radius 2 is 2.50 bits per heavy atom. The monoisotopic (exact) mass is 256 g/mol. The maximum Gasteiger partial charge on any atom is 0.359 e. The third kappa shape index (κ3) is 1.41. The Bertz CT molecular complexity index is 512. The Morgan fingerprint density at radius 3 is 3.21 bits per heavy atom. The second kappa shape index (κ2) is 3.45. The molecule has 1 aliphatic rings. The van der Waals surface area contributed by atoms with E-state index in [1.54, 1.807) is 16.6 Å². The highest BCUT2D eigenvalue weighted by Gasteiger charge is 2.19. The molecule has 0 unspecified atom stereocenters. The molecule has 0 saturated heterocycles. The van der Waals surface area contributed by atoms with Gasteiger partial charge in [-0.3, -0.25) is 0 Å². The van der Waals surface area contributed by atoms with E-state index in [0.717, 1.165) is 4.47 Å². The van der Waals surface area contributed by atoms with Crippen LogP contribution < -0.4 is 9.85 Å². The van der Waals surface area contributed by atoms with Crippen molar-refractivity contribution in [1.82, 2.24) is 0 Å². The summed E-state index contributed by atoms with van der Waals surface area (Å²) in [5.41, 5.74) is 0.961. The molecule has 72 valence electrons. The van der Waals surface area contributed by atoms with E-state index in [1.165, 1.54) is 7.11 Å². The van der Waals surface area contributed by atoms with Crippen LogP contribution in [0.15, 0.2) is 26.8 Å². The van der Waals surface area contributed by atoms with E-state index < -0.39 is 5.97 Å². The van der Waals surface area contributed by atoms with Gasteiger partial charge in [-0.25, -0.2) is 4.79 Å². The molecule has 0 saturated carbocycles. The fourth-order valence-corrected chi connectivity index (χ4v) is 1.66. The van der Waals surface area contributed by atoms with Gasteiger partial charge in [0, 0.05) is 0 Å². The van der Waals surface area contributed by atoms with E-state index in [1.807, 2.05) is 0 Å². The highest BCUT2D eigenvalue weighted by atomic mass is 79.9. The van der Waals surface area contributed by atoms with Crippen molar-refractivity contribution >= 4 is 21.9 Å². The summed E-state index contributed by atoms with van der Waals surface area (Å²) < 4.78 is 6.97. The normalized spacial score (nSPS) is 12.7. The van der Waals surface area contributed by atoms with Crippen LogP contribution in [0.5, 0.6) is 0 Å². The summed E-state index contributed by atoms with van der Waals surface area (Å²) in [6.07, 6.45) is 1.75. The average molecular weight is 257 g/mol. The molecule has 1 aromatic rings. The lowest BCUT2D eigenvalue weighted by molar-refractivity contribution is -0.559. The van der Waals surface area contributed by atoms with Crippen LogP contribution in [0.3, 0.4) is 0 Å². The van der Waals surface area contributed by atoms with Gasteiger partial charge >= 0.3 is 11.5 Å². The zero-order valence-corrected chi connectivity index (χ0v) is 8.98. The number of esters is 1. The number of pyridine rings is 1. The van der Waals surface area contributed by atoms with Crippen LogP contribution in [0.1, 0.15) is 10.4 Å². The second-order valence-corrected chi connectivity index (χ2v) is 3.59. The van der Waals surface area contributed by atoms with Gasteiger partial charge in [0.05, 0.1) is 11.6 Å². The molecule has 0 aliphatic carbocycles. The number of hydrogen-bond acceptors (Lipinski definition) is 4. The Morgan fingerprint density at radius 1 is 1.71 bits per heavy atom. The summed E-state index contributed by atoms with van der Waals surface area (Å²) >= 11 is 3.28. The first-order valence-corrected chi connectivity index (χ1v) is 4.70. The third-order valence-corrected chi connectivity index (χ3v) is 2.26. The number of carbonyl (C=O) groups excluding carboxylic acids is 1. The number of methoxy groups -OCH3 is 1. The predicted octanol–water partition coefficient (Wildman–Crippen LogP) is 0.146. The molecule has 0 bridgehead atoms. The van der Waals surface area contributed by atoms with E-state index >= 15 is 0 Å². The molecule has 1 aromatic heterocycles. The summed E-state index contributed by atoms with van der Waals surface area (Å²) in [6.45, 7) is 0.348. The lowest BCUT2D eigenvalue weighted by Gasteiger charge is -1.94. The fraction of sp³-hybridized carbons (Fsp3) is 0.250. The molecular weight excluding hydrogens is 250 g/mol. The largest absolute Gasteiger partial charge is 0.465 e. The Labute approximate surface area is 87.9 Å². The smallest absolute Gasteiger partial charge is 0.359 e. The zero-order valence-electron chi connectivity index (χ0n) is 7.40. The first-order chi connectivity index (χ1) is 6.72. The molecule has 0 fully saturated rings. The van der Waals surface area contributed by atoms with Crippen molar-refractivity contribution in [3.05, 3.63) is 27.8 Å². The molecular formula is C8H7BrN3O2+. The molecule has 0 amide bonds. The molecule has 0 spiro atoms. The minimum atomic E-state index is -0.407. The molecule has 0 atom stereocenters. The number of halogens is 1. The summed E-state index contributed by atoms with van der Waals surface area (Å²) in [6, 6.07) is 1.67. The number of fused-ring (bicyclic) bond motifs is 1. The molecule has 2 heterocycles. The minimum absolute atomic E-state index is 0.348. The highest BCUT2D eigenvalue weighted by Crippen LogP contribution is 2.07. The predicted molar refractivity (Wildman–Crippen MR) is 49.5 cm³/mol. The van der Waals surface area contributed by atoms with Crippen LogP contribution in [0, 0.1) is 0 Å². The van der Waals surface area contributed by atoms with Gasteiger partial charge in [0.25, 0.3) is 6.67 Å². The van der Waals surface area contributed by atoms with Crippen LogP contribution in [0.25, 0.3) is 0 Å². The molecule has 0 aromatic carbocycles. The van der Waals surface area contributed by atoms with Crippen LogP contribution in [-0.4, -0.2) is 19.7 Å². The molecule has 0 N–H and O–H groups in total. The van der Waals surface area contributed by atoms with Gasteiger partial charge in [-0.15, -0.1) is 4.36 Å². The zero-order chi connectivity index (χ0) is 10.1. The molecule has 5 nitrogen and oxygen atoms in total. The van der Waals surface area contributed by atoms with E-state index in [9.17, 15) is 4.79 Å². The van der Waals surface area contributed by atoms with E-state index in [0.29, 0.717) is 17.7 Å². The maximum absolute atomic E-state index is 11.4. The number of nitrogens with zero attached hydrogens (tertiary/aromatic N) is 3. The Hall–Kier alpha value is -1.30. The highest BCUT2D eigenvalue weighted by molar-refractivity contribution is 9.10. The number of ether oxygens (including phenoxy) is 1. The lowest BCUT2D eigenvalue weighted by Crippen LogP contribution is -2.38. The van der Waals surface area contributed by atoms with Gasteiger partial charge in [-0.05, 0) is 22.0 Å². The van der Waals surface area contributed by atoms with Crippen LogP contribution in [-0.2, 0) is 4.74 Å². The van der Waals surface area contributed by atoms with Crippen molar-refractivity contribution < 1.29 is 13.9 Å². The van der Waals surface area contributed by atoms with E-state index in [2.05, 4.69) is 30.8 Å². The lowest BCUT2D eigenvalue weighted by atomic mass is 10.3. The van der Waals surface area contributed by atoms with Crippen molar-refractivity contribution in [3.8, 4) is 0 Å². The van der Waals surface area contributed by atoms with Gasteiger partial charge in [0.15, 0.2) is 5.56 Å². The van der Waals surface area contributed by atoms with Crippen molar-refractivity contribution in [1.29, 1.82) is 0 Å². The summed E-state index contributed by atoms with van der Waals surface area (Å²) in [5.74, 6) is -0.407. The van der Waals surface area contributed by atoms with Gasteiger partial charge in [0.1, 0.15) is 6.20 Å². The SMILES string of the molecule is COC(=O)c1cc(Br)c[n+]2c1=NCN=2. The molecule has 1 aliphatic heterocycles. The number of hydrogen-bond donors (Lipinski definition) is 0. The van der Waals surface area contributed by atoms with E-state index in [-0.39, 0.29) is 0 Å². The van der Waals surface area contributed by atoms with Crippen molar-refractivity contribution in [2.75, 3.05) is 13.8 Å². The van der Waals surface area contributed by atoms with Crippen molar-refractivity contribution in [3.63, 3.8) is 0 Å². The van der Waals surface area contributed by atoms with E-state index in [4.69, 9.17) is 0 Å². The Kier molecular flexibility index (Phi) is 2.28. The summed E-state index contributed by atoms with van der Waals surface area (Å²) in [5, 5.41) is 4.05. The first-order valence-electron chi connectivity index (χ1n) is 3.91. The van der Waals surface area contributed by atoms with Crippen LogP contribution in [0.2, 0.25) is 0 Å². The van der Waals surface area contributed by atoms with Gasteiger partial charge in [0.2, 0.25) is 0 Å². The number of carbonyl (C=O) groups is 1. The first kappa shape index (κ1) is 9.26. The molecule has 6 heteroatoms. The molecule has 14 heavy (non-hydrogen) atoms. The quantitative estimate of drug-likeness (QED) is 0.531. The number of rotatable bonds is 1. The van der Waals surface area contributed by atoms with Crippen molar-refractivity contribution in [2.24, 2.45) is 10.1 Å². The standard InChI is InChI=1S/C8H7BrN3O2/c1-14-8(13)6-2-5(9)3-12-7(6)10-4-11-12/h2-3H,4H2,1H3/q+1. The maximum atomic E-state index is 11.4. The Balaban J connectivity index is 2.74. The van der Waals surface area contributed by atoms with Gasteiger partial charge < -0.3 is 4.74 Å². The van der Waals surface area contributed by atoms with Crippen molar-refractivity contribution in [2.45, 2.75) is 0 Å². The summed E-state index contributed by atoms with van der Waals surface area (Å²) in [4.78, 5) is 15.5. The van der Waals surface area contributed by atoms with Gasteiger partial charge in [-0.2, -0.15) is 0 Å². The second-order valence-electron chi connectivity index (χ2n) is 2.67. The third-order valence-electron chi connectivity index (χ3n) is 1.83. The fourth-order valence-electron chi connectivity index (χ4n) is 1.23.